The molecule has 0 aliphatic rings. The van der Waals surface area contributed by atoms with Crippen molar-refractivity contribution in [1.82, 2.24) is 4.98 Å². The third-order valence-electron chi connectivity index (χ3n) is 2.19. The number of rotatable bonds is 3. The molecule has 90 valence electrons. The molecule has 1 aromatic heterocycles. The molecule has 1 aromatic carbocycles. The van der Waals surface area contributed by atoms with Crippen LogP contribution < -0.4 is 5.11 Å². The highest BCUT2D eigenvalue weighted by Gasteiger charge is 2.05. The largest absolute Gasteiger partial charge is 0.872 e. The molecule has 6 heteroatoms. The predicted molar refractivity (Wildman–Crippen MR) is 64.0 cm³/mol. The number of aliphatic imine (C=N–C) groups is 1. The van der Waals surface area contributed by atoms with Crippen LogP contribution in [0.5, 0.6) is 5.75 Å². The molecule has 0 bridgehead atoms. The fraction of sp³-hybridized carbons (Fsp3) is 0. The Morgan fingerprint density at radius 1 is 1.28 bits per heavy atom. The summed E-state index contributed by atoms with van der Waals surface area (Å²) in [6, 6.07) is 8.67. The number of aromatic nitrogens is 1. The first-order valence-corrected chi connectivity index (χ1v) is 5.07. The van der Waals surface area contributed by atoms with E-state index in [2.05, 4.69) is 9.98 Å². The summed E-state index contributed by atoms with van der Waals surface area (Å²) in [4.78, 5) is 18.0. The normalized spacial score (nSPS) is 10.7. The van der Waals surface area contributed by atoms with E-state index >= 15 is 0 Å². The van der Waals surface area contributed by atoms with Gasteiger partial charge < -0.3 is 5.11 Å². The molecule has 18 heavy (non-hydrogen) atoms. The third kappa shape index (κ3) is 2.67. The van der Waals surface area contributed by atoms with Crippen LogP contribution in [0.25, 0.3) is 0 Å². The van der Waals surface area contributed by atoms with Crippen molar-refractivity contribution in [3.63, 3.8) is 0 Å². The first kappa shape index (κ1) is 11.7. The zero-order valence-electron chi connectivity index (χ0n) is 9.19. The van der Waals surface area contributed by atoms with Crippen LogP contribution in [0.3, 0.4) is 0 Å². The standard InChI is InChI=1S/C12H9N3O3/c16-11-5-4-10(15(17)18)7-9(11)8-14-12-3-1-2-6-13-12/h1-8,16H/p-1. The van der Waals surface area contributed by atoms with E-state index in [1.54, 1.807) is 24.4 Å². The van der Waals surface area contributed by atoms with Crippen molar-refractivity contribution in [2.45, 2.75) is 0 Å². The zero-order valence-corrected chi connectivity index (χ0v) is 9.19. The van der Waals surface area contributed by atoms with Gasteiger partial charge in [0.05, 0.1) is 4.92 Å². The van der Waals surface area contributed by atoms with Crippen molar-refractivity contribution < 1.29 is 10.0 Å². The van der Waals surface area contributed by atoms with Gasteiger partial charge in [-0.1, -0.05) is 17.9 Å². The summed E-state index contributed by atoms with van der Waals surface area (Å²) >= 11 is 0. The van der Waals surface area contributed by atoms with Gasteiger partial charge in [-0.15, -0.1) is 0 Å². The highest BCUT2D eigenvalue weighted by Crippen LogP contribution is 2.19. The molecule has 0 aliphatic heterocycles. The maximum atomic E-state index is 11.5. The Bertz CT molecular complexity index is 597. The van der Waals surface area contributed by atoms with E-state index in [1.807, 2.05) is 0 Å². The van der Waals surface area contributed by atoms with Gasteiger partial charge in [0, 0.05) is 24.5 Å². The van der Waals surface area contributed by atoms with E-state index in [0.29, 0.717) is 5.82 Å². The lowest BCUT2D eigenvalue weighted by atomic mass is 10.2. The van der Waals surface area contributed by atoms with Crippen molar-refractivity contribution in [3.8, 4) is 5.75 Å². The Morgan fingerprint density at radius 2 is 2.11 bits per heavy atom. The Hall–Kier alpha value is -2.76. The molecule has 0 spiro atoms. The number of pyridine rings is 1. The smallest absolute Gasteiger partial charge is 0.270 e. The van der Waals surface area contributed by atoms with E-state index < -0.39 is 4.92 Å². The van der Waals surface area contributed by atoms with Crippen LogP contribution >= 0.6 is 0 Å². The first-order chi connectivity index (χ1) is 8.66. The van der Waals surface area contributed by atoms with Crippen LogP contribution in [-0.4, -0.2) is 16.1 Å². The Morgan fingerprint density at radius 3 is 2.78 bits per heavy atom. The summed E-state index contributed by atoms with van der Waals surface area (Å²) in [6.07, 6.45) is 2.84. The summed E-state index contributed by atoms with van der Waals surface area (Å²) < 4.78 is 0. The summed E-state index contributed by atoms with van der Waals surface area (Å²) in [5.74, 6) is 0.115. The molecule has 2 aromatic rings. The molecule has 0 atom stereocenters. The van der Waals surface area contributed by atoms with Crippen molar-refractivity contribution in [2.24, 2.45) is 4.99 Å². The average Bonchev–Trinajstić information content (AvgIpc) is 2.38. The Kier molecular flexibility index (Phi) is 3.29. The highest BCUT2D eigenvalue weighted by molar-refractivity contribution is 5.85. The number of benzene rings is 1. The van der Waals surface area contributed by atoms with Gasteiger partial charge in [-0.2, -0.15) is 0 Å². The van der Waals surface area contributed by atoms with Crippen molar-refractivity contribution >= 4 is 17.7 Å². The van der Waals surface area contributed by atoms with Gasteiger partial charge in [0.1, 0.15) is 0 Å². The highest BCUT2D eigenvalue weighted by atomic mass is 16.6. The number of nitro benzene ring substituents is 1. The minimum Gasteiger partial charge on any atom is -0.872 e. The number of nitrogens with zero attached hydrogens (tertiary/aromatic N) is 3. The molecular weight excluding hydrogens is 234 g/mol. The second-order valence-electron chi connectivity index (χ2n) is 3.43. The molecule has 0 saturated heterocycles. The molecule has 0 saturated carbocycles. The third-order valence-corrected chi connectivity index (χ3v) is 2.19. The molecule has 0 amide bonds. The maximum absolute atomic E-state index is 11.5. The van der Waals surface area contributed by atoms with Gasteiger partial charge in [-0.3, -0.25) is 10.1 Å². The number of nitro groups is 1. The number of hydrogen-bond acceptors (Lipinski definition) is 5. The summed E-state index contributed by atoms with van der Waals surface area (Å²) in [5.41, 5.74) is 0.0203. The predicted octanol–water partition coefficient (Wildman–Crippen LogP) is 1.81. The van der Waals surface area contributed by atoms with Crippen LogP contribution in [0.4, 0.5) is 11.5 Å². The Labute approximate surface area is 102 Å². The van der Waals surface area contributed by atoms with E-state index in [4.69, 9.17) is 0 Å². The van der Waals surface area contributed by atoms with Crippen LogP contribution in [-0.2, 0) is 0 Å². The van der Waals surface area contributed by atoms with Crippen molar-refractivity contribution in [1.29, 1.82) is 0 Å². The second kappa shape index (κ2) is 5.05. The molecular formula is C12H8N3O3-. The summed E-state index contributed by atoms with van der Waals surface area (Å²) in [5, 5.41) is 22.1. The van der Waals surface area contributed by atoms with Gasteiger partial charge in [0.25, 0.3) is 5.69 Å². The van der Waals surface area contributed by atoms with Crippen molar-refractivity contribution in [2.75, 3.05) is 0 Å². The van der Waals surface area contributed by atoms with Gasteiger partial charge in [-0.05, 0) is 17.7 Å². The second-order valence-corrected chi connectivity index (χ2v) is 3.43. The molecule has 2 rings (SSSR count). The van der Waals surface area contributed by atoms with Gasteiger partial charge >= 0.3 is 0 Å². The Balaban J connectivity index is 2.31. The van der Waals surface area contributed by atoms with E-state index in [1.165, 1.54) is 18.3 Å². The van der Waals surface area contributed by atoms with Crippen LogP contribution in [0, 0.1) is 10.1 Å². The number of hydrogen-bond donors (Lipinski definition) is 0. The van der Waals surface area contributed by atoms with Gasteiger partial charge in [0.15, 0.2) is 5.82 Å². The van der Waals surface area contributed by atoms with E-state index in [9.17, 15) is 15.2 Å². The molecule has 0 N–H and O–H groups in total. The zero-order chi connectivity index (χ0) is 13.0. The van der Waals surface area contributed by atoms with E-state index in [-0.39, 0.29) is 17.0 Å². The lowest BCUT2D eigenvalue weighted by molar-refractivity contribution is -0.385. The molecule has 0 unspecified atom stereocenters. The average molecular weight is 242 g/mol. The monoisotopic (exact) mass is 242 g/mol. The molecule has 0 aliphatic carbocycles. The molecule has 6 nitrogen and oxygen atoms in total. The fourth-order valence-corrected chi connectivity index (χ4v) is 1.32. The quantitative estimate of drug-likeness (QED) is 0.466. The lowest BCUT2D eigenvalue weighted by Crippen LogP contribution is -1.98. The minimum atomic E-state index is -0.558. The maximum Gasteiger partial charge on any atom is 0.270 e. The summed E-state index contributed by atoms with van der Waals surface area (Å²) in [7, 11) is 0. The SMILES string of the molecule is O=[N+]([O-])c1ccc([O-])c(C=Nc2ccccn2)c1. The van der Waals surface area contributed by atoms with Gasteiger partial charge in [0.2, 0.25) is 0 Å². The fourth-order valence-electron chi connectivity index (χ4n) is 1.32. The topological polar surface area (TPSA) is 91.5 Å². The number of non-ortho nitro benzene ring substituents is 1. The van der Waals surface area contributed by atoms with Gasteiger partial charge in [-0.25, -0.2) is 9.98 Å². The molecule has 0 fully saturated rings. The van der Waals surface area contributed by atoms with Crippen molar-refractivity contribution in [3.05, 3.63) is 58.3 Å². The van der Waals surface area contributed by atoms with E-state index in [0.717, 1.165) is 6.07 Å². The first-order valence-electron chi connectivity index (χ1n) is 5.07. The molecule has 0 radical (unpaired) electrons. The lowest BCUT2D eigenvalue weighted by Gasteiger charge is -2.08. The summed E-state index contributed by atoms with van der Waals surface area (Å²) in [6.45, 7) is 0. The van der Waals surface area contributed by atoms with Crippen LogP contribution in [0.15, 0.2) is 47.6 Å². The van der Waals surface area contributed by atoms with Crippen LogP contribution in [0.1, 0.15) is 5.56 Å². The minimum absolute atomic E-state index is 0.142. The van der Waals surface area contributed by atoms with Crippen LogP contribution in [0.2, 0.25) is 0 Å². The molecule has 1 heterocycles.